The average Bonchev–Trinajstić information content (AvgIpc) is 2.42. The summed E-state index contributed by atoms with van der Waals surface area (Å²) in [5.41, 5.74) is 2.31. The Balaban J connectivity index is 2.73. The van der Waals surface area contributed by atoms with E-state index in [1.807, 2.05) is 13.2 Å². The van der Waals surface area contributed by atoms with Crippen LogP contribution in [-0.4, -0.2) is 50.7 Å². The van der Waals surface area contributed by atoms with E-state index in [0.29, 0.717) is 6.04 Å². The van der Waals surface area contributed by atoms with Crippen molar-refractivity contribution >= 4 is 5.69 Å². The maximum atomic E-state index is 4.56. The van der Waals surface area contributed by atoms with Crippen LogP contribution in [0, 0.1) is 0 Å². The van der Waals surface area contributed by atoms with Crippen LogP contribution in [0.3, 0.4) is 0 Å². The fourth-order valence-corrected chi connectivity index (χ4v) is 1.95. The van der Waals surface area contributed by atoms with E-state index in [-0.39, 0.29) is 0 Å². The van der Waals surface area contributed by atoms with E-state index < -0.39 is 0 Å². The quantitative estimate of drug-likeness (QED) is 0.779. The second-order valence-electron chi connectivity index (χ2n) is 5.24. The molecule has 0 spiro atoms. The third-order valence-corrected chi connectivity index (χ3v) is 3.32. The van der Waals surface area contributed by atoms with Crippen LogP contribution in [0.15, 0.2) is 18.3 Å². The first-order valence-corrected chi connectivity index (χ1v) is 7.11. The Morgan fingerprint density at radius 2 is 1.95 bits per heavy atom. The minimum Gasteiger partial charge on any atom is -0.369 e. The lowest BCUT2D eigenvalue weighted by molar-refractivity contribution is 0.413. The molecule has 0 bridgehead atoms. The summed E-state index contributed by atoms with van der Waals surface area (Å²) in [6.07, 6.45) is 3.15. The van der Waals surface area contributed by atoms with Crippen LogP contribution in [0.1, 0.15) is 32.0 Å². The van der Waals surface area contributed by atoms with Gasteiger partial charge in [-0.3, -0.25) is 4.98 Å². The standard InChI is InChI=1S/C15H28N4/c1-6-9-19(11-10-18(4)5)14-7-8-15(17-12-14)13(2)16-3/h7-8,12-13,16H,6,9-11H2,1-5H3. The van der Waals surface area contributed by atoms with Crippen LogP contribution >= 0.6 is 0 Å². The third-order valence-electron chi connectivity index (χ3n) is 3.32. The predicted octanol–water partition coefficient (Wildman–Crippen LogP) is 2.14. The zero-order valence-corrected chi connectivity index (χ0v) is 13.0. The monoisotopic (exact) mass is 264 g/mol. The number of aromatic nitrogens is 1. The Bertz CT molecular complexity index is 348. The van der Waals surface area contributed by atoms with Crippen LogP contribution in [-0.2, 0) is 0 Å². The van der Waals surface area contributed by atoms with Gasteiger partial charge in [-0.1, -0.05) is 6.92 Å². The molecule has 4 nitrogen and oxygen atoms in total. The summed E-state index contributed by atoms with van der Waals surface area (Å²) in [6, 6.07) is 4.60. The normalized spacial score (nSPS) is 12.7. The second-order valence-corrected chi connectivity index (χ2v) is 5.24. The van der Waals surface area contributed by atoms with E-state index in [1.165, 1.54) is 5.69 Å². The van der Waals surface area contributed by atoms with Gasteiger partial charge in [-0.2, -0.15) is 0 Å². The Labute approximate surface area is 117 Å². The van der Waals surface area contributed by atoms with Crippen LogP contribution in [0.25, 0.3) is 0 Å². The van der Waals surface area contributed by atoms with Gasteiger partial charge in [0.25, 0.3) is 0 Å². The van der Waals surface area contributed by atoms with Gasteiger partial charge >= 0.3 is 0 Å². The fourth-order valence-electron chi connectivity index (χ4n) is 1.95. The highest BCUT2D eigenvalue weighted by molar-refractivity contribution is 5.44. The molecule has 19 heavy (non-hydrogen) atoms. The number of nitrogens with one attached hydrogen (secondary N) is 1. The molecule has 0 saturated heterocycles. The fraction of sp³-hybridized carbons (Fsp3) is 0.667. The maximum absolute atomic E-state index is 4.56. The van der Waals surface area contributed by atoms with Gasteiger partial charge < -0.3 is 15.1 Å². The van der Waals surface area contributed by atoms with Gasteiger partial charge in [0.1, 0.15) is 0 Å². The van der Waals surface area contributed by atoms with Crippen LogP contribution < -0.4 is 10.2 Å². The minimum absolute atomic E-state index is 0.301. The first-order chi connectivity index (χ1) is 9.08. The first kappa shape index (κ1) is 15.9. The van der Waals surface area contributed by atoms with Crippen molar-refractivity contribution in [2.75, 3.05) is 45.7 Å². The number of nitrogens with zero attached hydrogens (tertiary/aromatic N) is 3. The van der Waals surface area contributed by atoms with Crippen molar-refractivity contribution in [2.24, 2.45) is 0 Å². The van der Waals surface area contributed by atoms with Gasteiger partial charge in [0.05, 0.1) is 17.6 Å². The molecule has 0 aliphatic carbocycles. The molecule has 0 aliphatic rings. The molecule has 1 unspecified atom stereocenters. The molecule has 1 aromatic rings. The van der Waals surface area contributed by atoms with Gasteiger partial charge in [-0.15, -0.1) is 0 Å². The molecule has 0 radical (unpaired) electrons. The smallest absolute Gasteiger partial charge is 0.0571 e. The zero-order valence-electron chi connectivity index (χ0n) is 13.0. The average molecular weight is 264 g/mol. The molecule has 0 fully saturated rings. The number of hydrogen-bond acceptors (Lipinski definition) is 4. The molecule has 0 amide bonds. The van der Waals surface area contributed by atoms with Crippen LogP contribution in [0.4, 0.5) is 5.69 Å². The summed E-state index contributed by atoms with van der Waals surface area (Å²) < 4.78 is 0. The molecule has 0 aromatic carbocycles. The van der Waals surface area contributed by atoms with E-state index in [4.69, 9.17) is 0 Å². The molecule has 1 heterocycles. The molecule has 0 saturated carbocycles. The summed E-state index contributed by atoms with van der Waals surface area (Å²) in [6.45, 7) is 7.53. The Hall–Kier alpha value is -1.13. The predicted molar refractivity (Wildman–Crippen MR) is 82.8 cm³/mol. The van der Waals surface area contributed by atoms with E-state index in [0.717, 1.165) is 31.7 Å². The van der Waals surface area contributed by atoms with E-state index in [2.05, 4.69) is 60.2 Å². The highest BCUT2D eigenvalue weighted by Crippen LogP contribution is 2.16. The number of rotatable bonds is 8. The van der Waals surface area contributed by atoms with Crippen LogP contribution in [0.5, 0.6) is 0 Å². The Morgan fingerprint density at radius 3 is 2.42 bits per heavy atom. The second kappa shape index (κ2) is 8.12. The molecular weight excluding hydrogens is 236 g/mol. The summed E-state index contributed by atoms with van der Waals surface area (Å²) in [5.74, 6) is 0. The maximum Gasteiger partial charge on any atom is 0.0571 e. The summed E-state index contributed by atoms with van der Waals surface area (Å²) in [7, 11) is 6.18. The van der Waals surface area contributed by atoms with E-state index >= 15 is 0 Å². The number of hydrogen-bond donors (Lipinski definition) is 1. The zero-order chi connectivity index (χ0) is 14.3. The topological polar surface area (TPSA) is 31.4 Å². The Kier molecular flexibility index (Phi) is 6.81. The van der Waals surface area contributed by atoms with Crippen molar-refractivity contribution in [2.45, 2.75) is 26.3 Å². The molecular formula is C15H28N4. The molecule has 0 aliphatic heterocycles. The number of anilines is 1. The number of likely N-dealkylation sites (N-methyl/N-ethyl adjacent to an activating group) is 1. The van der Waals surface area contributed by atoms with Crippen molar-refractivity contribution in [3.05, 3.63) is 24.0 Å². The highest BCUT2D eigenvalue weighted by atomic mass is 15.2. The minimum atomic E-state index is 0.301. The lowest BCUT2D eigenvalue weighted by Gasteiger charge is -2.26. The molecule has 1 atom stereocenters. The van der Waals surface area contributed by atoms with Crippen molar-refractivity contribution in [3.8, 4) is 0 Å². The van der Waals surface area contributed by atoms with Crippen molar-refractivity contribution in [3.63, 3.8) is 0 Å². The SMILES string of the molecule is CCCN(CCN(C)C)c1ccc(C(C)NC)nc1. The third kappa shape index (κ3) is 5.17. The highest BCUT2D eigenvalue weighted by Gasteiger charge is 2.08. The lowest BCUT2D eigenvalue weighted by atomic mass is 10.2. The molecule has 108 valence electrons. The van der Waals surface area contributed by atoms with Crippen molar-refractivity contribution in [1.29, 1.82) is 0 Å². The molecule has 4 heteroatoms. The van der Waals surface area contributed by atoms with Gasteiger partial charge in [0.15, 0.2) is 0 Å². The van der Waals surface area contributed by atoms with Gasteiger partial charge in [-0.05, 0) is 46.6 Å². The van der Waals surface area contributed by atoms with E-state index in [1.54, 1.807) is 0 Å². The largest absolute Gasteiger partial charge is 0.369 e. The van der Waals surface area contributed by atoms with Crippen molar-refractivity contribution in [1.82, 2.24) is 15.2 Å². The van der Waals surface area contributed by atoms with Crippen LogP contribution in [0.2, 0.25) is 0 Å². The number of pyridine rings is 1. The summed E-state index contributed by atoms with van der Waals surface area (Å²) in [4.78, 5) is 9.18. The molecule has 1 rings (SSSR count). The lowest BCUT2D eigenvalue weighted by Crippen LogP contribution is -2.32. The first-order valence-electron chi connectivity index (χ1n) is 7.11. The van der Waals surface area contributed by atoms with Gasteiger partial charge in [-0.25, -0.2) is 0 Å². The molecule has 1 N–H and O–H groups in total. The summed E-state index contributed by atoms with van der Waals surface area (Å²) in [5, 5.41) is 3.21. The van der Waals surface area contributed by atoms with Crippen molar-refractivity contribution < 1.29 is 0 Å². The molecule has 1 aromatic heterocycles. The Morgan fingerprint density at radius 1 is 1.21 bits per heavy atom. The summed E-state index contributed by atoms with van der Waals surface area (Å²) >= 11 is 0. The van der Waals surface area contributed by atoms with E-state index in [9.17, 15) is 0 Å². The van der Waals surface area contributed by atoms with Gasteiger partial charge in [0, 0.05) is 25.7 Å². The van der Waals surface area contributed by atoms with Gasteiger partial charge in [0.2, 0.25) is 0 Å².